The molecule has 1 fully saturated rings. The minimum atomic E-state index is -0.404. The molecule has 112 valence electrons. The van der Waals surface area contributed by atoms with Crippen LogP contribution in [0.1, 0.15) is 56.2 Å². The molecule has 0 aromatic heterocycles. The lowest BCUT2D eigenvalue weighted by molar-refractivity contribution is 0.114. The van der Waals surface area contributed by atoms with Crippen LogP contribution in [0.2, 0.25) is 0 Å². The standard InChI is InChI=1S/C16H23F2NO/c1-10-8-14(18)12(9-13(10)17)11(2)19-15-6-4-3-5-7-16(15)20/h8-9,11,15-16,19-20H,3-7H2,1-2H3. The summed E-state index contributed by atoms with van der Waals surface area (Å²) in [6.07, 6.45) is 4.46. The highest BCUT2D eigenvalue weighted by Crippen LogP contribution is 2.24. The topological polar surface area (TPSA) is 32.3 Å². The first-order chi connectivity index (χ1) is 9.49. The number of aryl methyl sites for hydroxylation is 1. The summed E-state index contributed by atoms with van der Waals surface area (Å²) < 4.78 is 27.5. The zero-order valence-electron chi connectivity index (χ0n) is 12.1. The summed E-state index contributed by atoms with van der Waals surface area (Å²) in [7, 11) is 0. The fourth-order valence-corrected chi connectivity index (χ4v) is 2.89. The molecule has 0 spiro atoms. The van der Waals surface area contributed by atoms with E-state index >= 15 is 0 Å². The largest absolute Gasteiger partial charge is 0.392 e. The van der Waals surface area contributed by atoms with E-state index in [1.165, 1.54) is 12.1 Å². The van der Waals surface area contributed by atoms with Gasteiger partial charge in [0.1, 0.15) is 11.6 Å². The molecular weight excluding hydrogens is 260 g/mol. The minimum Gasteiger partial charge on any atom is -0.392 e. The number of nitrogens with one attached hydrogen (secondary N) is 1. The van der Waals surface area contributed by atoms with Crippen molar-refractivity contribution >= 4 is 0 Å². The summed E-state index contributed by atoms with van der Waals surface area (Å²) >= 11 is 0. The molecular formula is C16H23F2NO. The van der Waals surface area contributed by atoms with Crippen molar-refractivity contribution in [2.45, 2.75) is 64.1 Å². The van der Waals surface area contributed by atoms with Crippen LogP contribution in [0, 0.1) is 18.6 Å². The minimum absolute atomic E-state index is 0.0451. The second kappa shape index (κ2) is 6.64. The molecule has 1 aromatic rings. The van der Waals surface area contributed by atoms with Gasteiger partial charge in [-0.2, -0.15) is 0 Å². The van der Waals surface area contributed by atoms with Crippen LogP contribution in [-0.2, 0) is 0 Å². The Bertz CT molecular complexity index is 464. The van der Waals surface area contributed by atoms with Gasteiger partial charge in [-0.05, 0) is 44.4 Å². The summed E-state index contributed by atoms with van der Waals surface area (Å²) in [6.45, 7) is 3.36. The summed E-state index contributed by atoms with van der Waals surface area (Å²) in [4.78, 5) is 0. The van der Waals surface area contributed by atoms with Crippen LogP contribution in [0.5, 0.6) is 0 Å². The fourth-order valence-electron chi connectivity index (χ4n) is 2.89. The van der Waals surface area contributed by atoms with Crippen molar-refractivity contribution in [3.8, 4) is 0 Å². The number of halogens is 2. The third-order valence-corrected chi connectivity index (χ3v) is 4.19. The first kappa shape index (κ1) is 15.4. The molecule has 0 aliphatic heterocycles. The molecule has 1 aliphatic carbocycles. The van der Waals surface area contributed by atoms with Gasteiger partial charge in [-0.3, -0.25) is 0 Å². The Morgan fingerprint density at radius 1 is 1.15 bits per heavy atom. The van der Waals surface area contributed by atoms with E-state index in [4.69, 9.17) is 0 Å². The lowest BCUT2D eigenvalue weighted by Gasteiger charge is -2.26. The molecule has 1 saturated carbocycles. The highest BCUT2D eigenvalue weighted by molar-refractivity contribution is 5.27. The average molecular weight is 283 g/mol. The Balaban J connectivity index is 2.11. The lowest BCUT2D eigenvalue weighted by Crippen LogP contribution is -2.40. The highest BCUT2D eigenvalue weighted by Gasteiger charge is 2.24. The first-order valence-electron chi connectivity index (χ1n) is 7.38. The maximum Gasteiger partial charge on any atom is 0.128 e. The number of rotatable bonds is 3. The van der Waals surface area contributed by atoms with E-state index in [-0.39, 0.29) is 12.1 Å². The van der Waals surface area contributed by atoms with Crippen molar-refractivity contribution in [3.05, 3.63) is 34.9 Å². The zero-order valence-corrected chi connectivity index (χ0v) is 12.1. The van der Waals surface area contributed by atoms with Crippen molar-refractivity contribution < 1.29 is 13.9 Å². The van der Waals surface area contributed by atoms with E-state index < -0.39 is 17.7 Å². The number of hydrogen-bond donors (Lipinski definition) is 2. The van der Waals surface area contributed by atoms with Gasteiger partial charge in [0, 0.05) is 17.6 Å². The lowest BCUT2D eigenvalue weighted by atomic mass is 10.0. The van der Waals surface area contributed by atoms with E-state index in [9.17, 15) is 13.9 Å². The highest BCUT2D eigenvalue weighted by atomic mass is 19.1. The maximum atomic E-state index is 13.9. The molecule has 0 radical (unpaired) electrons. The van der Waals surface area contributed by atoms with Gasteiger partial charge < -0.3 is 10.4 Å². The van der Waals surface area contributed by atoms with E-state index in [0.717, 1.165) is 32.1 Å². The van der Waals surface area contributed by atoms with Gasteiger partial charge >= 0.3 is 0 Å². The van der Waals surface area contributed by atoms with Crippen molar-refractivity contribution in [3.63, 3.8) is 0 Å². The Kier molecular flexibility index (Phi) is 5.11. The third kappa shape index (κ3) is 3.55. The normalized spacial score (nSPS) is 25.2. The predicted octanol–water partition coefficient (Wildman–Crippen LogP) is 3.62. The number of hydrogen-bond acceptors (Lipinski definition) is 2. The van der Waals surface area contributed by atoms with Crippen molar-refractivity contribution in [1.82, 2.24) is 5.32 Å². The average Bonchev–Trinajstić information content (AvgIpc) is 2.59. The van der Waals surface area contributed by atoms with Gasteiger partial charge in [-0.15, -0.1) is 0 Å². The van der Waals surface area contributed by atoms with Gasteiger partial charge in [0.15, 0.2) is 0 Å². The molecule has 1 aliphatic rings. The summed E-state index contributed by atoms with van der Waals surface area (Å²) in [6, 6.07) is 2.12. The summed E-state index contributed by atoms with van der Waals surface area (Å²) in [5, 5.41) is 13.3. The second-order valence-electron chi connectivity index (χ2n) is 5.82. The second-order valence-corrected chi connectivity index (χ2v) is 5.82. The molecule has 1 aromatic carbocycles. The zero-order chi connectivity index (χ0) is 14.7. The Morgan fingerprint density at radius 2 is 1.85 bits per heavy atom. The monoisotopic (exact) mass is 283 g/mol. The Morgan fingerprint density at radius 3 is 2.60 bits per heavy atom. The molecule has 0 heterocycles. The molecule has 3 atom stereocenters. The molecule has 0 bridgehead atoms. The van der Waals surface area contributed by atoms with Crippen molar-refractivity contribution in [2.75, 3.05) is 0 Å². The van der Waals surface area contributed by atoms with Crippen LogP contribution in [0.4, 0.5) is 8.78 Å². The number of aliphatic hydroxyl groups is 1. The molecule has 3 unspecified atom stereocenters. The molecule has 2 N–H and O–H groups in total. The molecule has 0 amide bonds. The molecule has 2 nitrogen and oxygen atoms in total. The Labute approximate surface area is 119 Å². The summed E-state index contributed by atoms with van der Waals surface area (Å²) in [5.74, 6) is -0.788. The number of aliphatic hydroxyl groups excluding tert-OH is 1. The van der Waals surface area contributed by atoms with Crippen molar-refractivity contribution in [2.24, 2.45) is 0 Å². The van der Waals surface area contributed by atoms with Crippen molar-refractivity contribution in [1.29, 1.82) is 0 Å². The van der Waals surface area contributed by atoms with E-state index in [1.54, 1.807) is 6.92 Å². The smallest absolute Gasteiger partial charge is 0.128 e. The fraction of sp³-hybridized carbons (Fsp3) is 0.625. The third-order valence-electron chi connectivity index (χ3n) is 4.19. The van der Waals surface area contributed by atoms with Gasteiger partial charge in [0.2, 0.25) is 0 Å². The summed E-state index contributed by atoms with van der Waals surface area (Å²) in [5.41, 5.74) is 0.637. The first-order valence-corrected chi connectivity index (χ1v) is 7.38. The van der Waals surface area contributed by atoms with Gasteiger partial charge in [-0.25, -0.2) is 8.78 Å². The Hall–Kier alpha value is -1.00. The van der Waals surface area contributed by atoms with Crippen LogP contribution in [0.3, 0.4) is 0 Å². The van der Waals surface area contributed by atoms with Crippen LogP contribution < -0.4 is 5.32 Å². The van der Waals surface area contributed by atoms with E-state index in [2.05, 4.69) is 5.32 Å². The quantitative estimate of drug-likeness (QED) is 0.830. The van der Waals surface area contributed by atoms with E-state index in [1.807, 2.05) is 6.92 Å². The van der Waals surface area contributed by atoms with Gasteiger partial charge in [0.05, 0.1) is 6.10 Å². The van der Waals surface area contributed by atoms with Crippen LogP contribution >= 0.6 is 0 Å². The van der Waals surface area contributed by atoms with Crippen LogP contribution in [0.15, 0.2) is 12.1 Å². The predicted molar refractivity (Wildman–Crippen MR) is 75.5 cm³/mol. The SMILES string of the molecule is Cc1cc(F)c(C(C)NC2CCCCCC2O)cc1F. The maximum absolute atomic E-state index is 13.9. The molecule has 2 rings (SSSR count). The molecule has 0 saturated heterocycles. The molecule has 20 heavy (non-hydrogen) atoms. The van der Waals surface area contributed by atoms with E-state index in [0.29, 0.717) is 11.1 Å². The number of benzene rings is 1. The van der Waals surface area contributed by atoms with Gasteiger partial charge in [-0.1, -0.05) is 19.3 Å². The van der Waals surface area contributed by atoms with Crippen LogP contribution in [0.25, 0.3) is 0 Å². The van der Waals surface area contributed by atoms with Crippen LogP contribution in [-0.4, -0.2) is 17.3 Å². The van der Waals surface area contributed by atoms with Gasteiger partial charge in [0.25, 0.3) is 0 Å². The molecule has 4 heteroatoms.